The SMILES string of the molecule is O=C(c1ccc(Cl)c(Cl)c1)N1CC[C@H](CN2CCC(CCC(O)c3ccccc3)CC2)C1.c1ccsc1. The molecule has 2 aromatic carbocycles. The van der Waals surface area contributed by atoms with Crippen LogP contribution in [0.3, 0.4) is 0 Å². The quantitative estimate of drug-likeness (QED) is 0.328. The van der Waals surface area contributed by atoms with Gasteiger partial charge < -0.3 is 14.9 Å². The number of nitrogens with zero attached hydrogens (tertiary/aromatic N) is 2. The lowest BCUT2D eigenvalue weighted by molar-refractivity contribution is 0.0779. The Morgan fingerprint density at radius 3 is 2.27 bits per heavy atom. The fourth-order valence-corrected chi connectivity index (χ4v) is 6.01. The van der Waals surface area contributed by atoms with Crippen LogP contribution in [0.25, 0.3) is 0 Å². The molecule has 37 heavy (non-hydrogen) atoms. The van der Waals surface area contributed by atoms with Crippen molar-refractivity contribution in [3.8, 4) is 0 Å². The van der Waals surface area contributed by atoms with Gasteiger partial charge in [0.15, 0.2) is 0 Å². The van der Waals surface area contributed by atoms with Crippen molar-refractivity contribution in [3.05, 3.63) is 92.6 Å². The van der Waals surface area contributed by atoms with Gasteiger partial charge in [0.1, 0.15) is 0 Å². The van der Waals surface area contributed by atoms with Crippen molar-refractivity contribution in [1.82, 2.24) is 9.80 Å². The molecule has 3 aromatic rings. The molecule has 2 aliphatic heterocycles. The summed E-state index contributed by atoms with van der Waals surface area (Å²) >= 11 is 13.8. The Morgan fingerprint density at radius 1 is 0.919 bits per heavy atom. The number of carbonyl (C=O) groups is 1. The first-order valence-corrected chi connectivity index (χ1v) is 14.9. The van der Waals surface area contributed by atoms with Crippen molar-refractivity contribution in [2.24, 2.45) is 11.8 Å². The van der Waals surface area contributed by atoms with Gasteiger partial charge in [-0.15, -0.1) is 0 Å². The zero-order chi connectivity index (χ0) is 26.0. The molecular formula is C30H36Cl2N2O2S. The molecule has 1 unspecified atom stereocenters. The summed E-state index contributed by atoms with van der Waals surface area (Å²) in [7, 11) is 0. The lowest BCUT2D eigenvalue weighted by atomic mass is 9.89. The summed E-state index contributed by atoms with van der Waals surface area (Å²) < 4.78 is 0. The molecule has 198 valence electrons. The van der Waals surface area contributed by atoms with Gasteiger partial charge in [-0.3, -0.25) is 4.79 Å². The molecule has 2 fully saturated rings. The molecule has 1 aromatic heterocycles. The molecule has 0 radical (unpaired) electrons. The number of aliphatic hydroxyl groups excluding tert-OH is 1. The van der Waals surface area contributed by atoms with Gasteiger partial charge in [0.25, 0.3) is 5.91 Å². The molecule has 2 aliphatic rings. The van der Waals surface area contributed by atoms with Crippen molar-refractivity contribution in [2.45, 2.75) is 38.2 Å². The first-order chi connectivity index (χ1) is 18.0. The fourth-order valence-electron chi connectivity index (χ4n) is 5.26. The predicted molar refractivity (Wildman–Crippen MR) is 155 cm³/mol. The lowest BCUT2D eigenvalue weighted by Gasteiger charge is -2.33. The number of benzene rings is 2. The van der Waals surface area contributed by atoms with Crippen LogP contribution in [0.15, 0.2) is 71.4 Å². The summed E-state index contributed by atoms with van der Waals surface area (Å²) in [5.74, 6) is 1.26. The second kappa shape index (κ2) is 14.3. The van der Waals surface area contributed by atoms with Gasteiger partial charge in [0, 0.05) is 25.2 Å². The zero-order valence-electron chi connectivity index (χ0n) is 21.1. The normalized spacial score (nSPS) is 19.3. The number of amides is 1. The first-order valence-electron chi connectivity index (χ1n) is 13.2. The Labute approximate surface area is 234 Å². The van der Waals surface area contributed by atoms with Crippen molar-refractivity contribution in [3.63, 3.8) is 0 Å². The van der Waals surface area contributed by atoms with Crippen LogP contribution in [0.2, 0.25) is 10.0 Å². The first kappa shape index (κ1) is 28.1. The average molecular weight is 560 g/mol. The summed E-state index contributed by atoms with van der Waals surface area (Å²) in [6.07, 6.45) is 5.01. The largest absolute Gasteiger partial charge is 0.388 e. The van der Waals surface area contributed by atoms with Gasteiger partial charge in [-0.05, 0) is 91.6 Å². The van der Waals surface area contributed by atoms with Crippen LogP contribution >= 0.6 is 34.5 Å². The minimum atomic E-state index is -0.355. The third-order valence-corrected chi connectivity index (χ3v) is 8.79. The second-order valence-electron chi connectivity index (χ2n) is 10.1. The number of halogens is 2. The molecule has 0 spiro atoms. The van der Waals surface area contributed by atoms with Gasteiger partial charge in [-0.25, -0.2) is 0 Å². The van der Waals surface area contributed by atoms with E-state index in [1.807, 2.05) is 58.1 Å². The Bertz CT molecular complexity index is 1070. The van der Waals surface area contributed by atoms with Crippen LogP contribution < -0.4 is 0 Å². The minimum Gasteiger partial charge on any atom is -0.388 e. The molecule has 0 aliphatic carbocycles. The highest BCUT2D eigenvalue weighted by atomic mass is 35.5. The number of piperidine rings is 1. The van der Waals surface area contributed by atoms with Gasteiger partial charge >= 0.3 is 0 Å². The van der Waals surface area contributed by atoms with E-state index in [9.17, 15) is 9.90 Å². The molecule has 7 heteroatoms. The van der Waals surface area contributed by atoms with E-state index in [0.717, 1.165) is 57.5 Å². The maximum absolute atomic E-state index is 12.8. The van der Waals surface area contributed by atoms with E-state index in [0.29, 0.717) is 27.4 Å². The lowest BCUT2D eigenvalue weighted by Crippen LogP contribution is -2.38. The summed E-state index contributed by atoms with van der Waals surface area (Å²) in [6, 6.07) is 19.1. The van der Waals surface area contributed by atoms with Crippen molar-refractivity contribution in [1.29, 1.82) is 0 Å². The number of hydrogen-bond acceptors (Lipinski definition) is 4. The van der Waals surface area contributed by atoms with Crippen LogP contribution in [0.4, 0.5) is 0 Å². The van der Waals surface area contributed by atoms with Crippen LogP contribution in [0, 0.1) is 11.8 Å². The number of rotatable bonds is 7. The summed E-state index contributed by atoms with van der Waals surface area (Å²) in [4.78, 5) is 17.3. The standard InChI is InChI=1S/C26H32Cl2N2O2.C4H4S/c27-23-8-7-22(16-24(23)28)26(32)30-15-12-20(18-30)17-29-13-10-19(11-14-29)6-9-25(31)21-4-2-1-3-5-21;1-2-4-5-3-1/h1-5,7-8,16,19-20,25,31H,6,9-15,17-18H2;1-4H/t20-,25?;/m1./s1. The third kappa shape index (κ3) is 8.56. The molecular weight excluding hydrogens is 523 g/mol. The van der Waals surface area contributed by atoms with E-state index in [2.05, 4.69) is 4.90 Å². The Kier molecular flexibility index (Phi) is 10.9. The highest BCUT2D eigenvalue weighted by molar-refractivity contribution is 7.07. The van der Waals surface area contributed by atoms with Crippen molar-refractivity contribution >= 4 is 40.4 Å². The molecule has 3 heterocycles. The average Bonchev–Trinajstić information content (AvgIpc) is 3.66. The van der Waals surface area contributed by atoms with Gasteiger partial charge in [0.05, 0.1) is 16.1 Å². The maximum atomic E-state index is 12.8. The summed E-state index contributed by atoms with van der Waals surface area (Å²) in [5.41, 5.74) is 1.63. The van der Waals surface area contributed by atoms with E-state index in [-0.39, 0.29) is 12.0 Å². The molecule has 0 bridgehead atoms. The van der Waals surface area contributed by atoms with Gasteiger partial charge in [0.2, 0.25) is 0 Å². The monoisotopic (exact) mass is 558 g/mol. The third-order valence-electron chi connectivity index (χ3n) is 7.42. The Morgan fingerprint density at radius 2 is 1.62 bits per heavy atom. The van der Waals surface area contributed by atoms with Crippen molar-refractivity contribution < 1.29 is 9.90 Å². The highest BCUT2D eigenvalue weighted by Gasteiger charge is 2.30. The van der Waals surface area contributed by atoms with Crippen molar-refractivity contribution in [2.75, 3.05) is 32.7 Å². The molecule has 2 atom stereocenters. The van der Waals surface area contributed by atoms with Gasteiger partial charge in [-0.1, -0.05) is 65.7 Å². The number of thiophene rings is 1. The zero-order valence-corrected chi connectivity index (χ0v) is 23.5. The Hall–Kier alpha value is -1.89. The topological polar surface area (TPSA) is 43.8 Å². The highest BCUT2D eigenvalue weighted by Crippen LogP contribution is 2.29. The number of likely N-dealkylation sites (tertiary alicyclic amines) is 2. The van der Waals surface area contributed by atoms with E-state index >= 15 is 0 Å². The van der Waals surface area contributed by atoms with E-state index in [1.165, 1.54) is 12.8 Å². The summed E-state index contributed by atoms with van der Waals surface area (Å²) in [6.45, 7) is 4.90. The summed E-state index contributed by atoms with van der Waals surface area (Å²) in [5, 5.41) is 15.4. The number of carbonyl (C=O) groups excluding carboxylic acids is 1. The fraction of sp³-hybridized carbons (Fsp3) is 0.433. The van der Waals surface area contributed by atoms with Gasteiger partial charge in [-0.2, -0.15) is 11.3 Å². The molecule has 4 nitrogen and oxygen atoms in total. The van der Waals surface area contributed by atoms with Crippen LogP contribution in [0.5, 0.6) is 0 Å². The van der Waals surface area contributed by atoms with Crippen LogP contribution in [-0.2, 0) is 0 Å². The number of aliphatic hydroxyl groups is 1. The molecule has 5 rings (SSSR count). The molecule has 0 saturated carbocycles. The molecule has 2 saturated heterocycles. The Balaban J connectivity index is 0.000000572. The van der Waals surface area contributed by atoms with Crippen LogP contribution in [0.1, 0.15) is 54.1 Å². The van der Waals surface area contributed by atoms with E-state index in [4.69, 9.17) is 23.2 Å². The smallest absolute Gasteiger partial charge is 0.253 e. The van der Waals surface area contributed by atoms with E-state index in [1.54, 1.807) is 29.5 Å². The predicted octanol–water partition coefficient (Wildman–Crippen LogP) is 7.43. The molecule has 1 N–H and O–H groups in total. The molecule has 1 amide bonds. The second-order valence-corrected chi connectivity index (χ2v) is 11.7. The van der Waals surface area contributed by atoms with E-state index < -0.39 is 0 Å². The number of hydrogen-bond donors (Lipinski definition) is 1. The van der Waals surface area contributed by atoms with Crippen LogP contribution in [-0.4, -0.2) is 53.5 Å². The maximum Gasteiger partial charge on any atom is 0.253 e. The minimum absolute atomic E-state index is 0.0433.